The molecule has 0 saturated heterocycles. The van der Waals surface area contributed by atoms with Crippen LogP contribution < -0.4 is 5.32 Å². The predicted molar refractivity (Wildman–Crippen MR) is 83.2 cm³/mol. The van der Waals surface area contributed by atoms with E-state index < -0.39 is 0 Å². The van der Waals surface area contributed by atoms with Crippen molar-refractivity contribution in [3.8, 4) is 0 Å². The van der Waals surface area contributed by atoms with E-state index in [1.165, 1.54) is 32.1 Å². The highest BCUT2D eigenvalue weighted by atomic mass is 19.1. The largest absolute Gasteiger partial charge is 0.310 e. The molecule has 112 valence electrons. The van der Waals surface area contributed by atoms with E-state index in [2.05, 4.69) is 19.2 Å². The minimum absolute atomic E-state index is 0.0541. The maximum absolute atomic E-state index is 14.2. The number of hydrogen-bond acceptors (Lipinski definition) is 1. The molecule has 1 N–H and O–H groups in total. The summed E-state index contributed by atoms with van der Waals surface area (Å²) in [5.41, 5.74) is 0.867. The summed E-state index contributed by atoms with van der Waals surface area (Å²) < 4.78 is 14.2. The van der Waals surface area contributed by atoms with Crippen LogP contribution in [0.15, 0.2) is 24.3 Å². The Bertz CT molecular complexity index is 404. The van der Waals surface area contributed by atoms with Crippen molar-refractivity contribution < 1.29 is 4.39 Å². The molecule has 0 heterocycles. The van der Waals surface area contributed by atoms with E-state index in [0.717, 1.165) is 24.4 Å². The molecule has 0 bridgehead atoms. The predicted octanol–water partition coefficient (Wildman–Crippen LogP) is 5.08. The van der Waals surface area contributed by atoms with Crippen LogP contribution in [0.4, 0.5) is 4.39 Å². The molecule has 1 nitrogen and oxygen atoms in total. The number of hydrogen-bond donors (Lipinski definition) is 1. The Kier molecular flexibility index (Phi) is 6.03. The molecular formula is C18H28FN. The van der Waals surface area contributed by atoms with Crippen molar-refractivity contribution in [2.45, 2.75) is 58.4 Å². The summed E-state index contributed by atoms with van der Waals surface area (Å²) in [7, 11) is 0. The molecule has 1 saturated carbocycles. The van der Waals surface area contributed by atoms with E-state index >= 15 is 0 Å². The molecule has 3 atom stereocenters. The Morgan fingerprint density at radius 2 is 1.95 bits per heavy atom. The van der Waals surface area contributed by atoms with Gasteiger partial charge in [-0.1, -0.05) is 57.7 Å². The van der Waals surface area contributed by atoms with E-state index in [1.54, 1.807) is 12.1 Å². The first-order valence-electron chi connectivity index (χ1n) is 8.25. The number of rotatable bonds is 6. The van der Waals surface area contributed by atoms with Crippen molar-refractivity contribution in [3.05, 3.63) is 35.6 Å². The first kappa shape index (κ1) is 15.5. The lowest BCUT2D eigenvalue weighted by Gasteiger charge is -2.38. The molecule has 2 rings (SSSR count). The summed E-state index contributed by atoms with van der Waals surface area (Å²) in [4.78, 5) is 0. The minimum Gasteiger partial charge on any atom is -0.310 e. The highest BCUT2D eigenvalue weighted by Crippen LogP contribution is 2.40. The summed E-state index contributed by atoms with van der Waals surface area (Å²) in [6, 6.07) is 7.49. The van der Waals surface area contributed by atoms with Crippen LogP contribution in [0.3, 0.4) is 0 Å². The van der Waals surface area contributed by atoms with Crippen LogP contribution >= 0.6 is 0 Å². The molecule has 20 heavy (non-hydrogen) atoms. The van der Waals surface area contributed by atoms with Crippen LogP contribution in [-0.2, 0) is 0 Å². The Balaban J connectivity index is 2.24. The molecular weight excluding hydrogens is 249 g/mol. The van der Waals surface area contributed by atoms with E-state index in [1.807, 2.05) is 12.1 Å². The number of nitrogens with one attached hydrogen (secondary N) is 1. The first-order chi connectivity index (χ1) is 9.77. The molecule has 1 aromatic carbocycles. The van der Waals surface area contributed by atoms with Crippen LogP contribution in [0, 0.1) is 17.7 Å². The summed E-state index contributed by atoms with van der Waals surface area (Å²) in [5.74, 6) is 1.26. The zero-order valence-electron chi connectivity index (χ0n) is 12.9. The van der Waals surface area contributed by atoms with Gasteiger partial charge in [-0.3, -0.25) is 0 Å². The summed E-state index contributed by atoms with van der Waals surface area (Å²) in [6.07, 6.45) is 7.47. The van der Waals surface area contributed by atoms with Gasteiger partial charge in [-0.2, -0.15) is 0 Å². The molecule has 1 fully saturated rings. The average Bonchev–Trinajstić information content (AvgIpc) is 2.49. The van der Waals surface area contributed by atoms with Crippen LogP contribution in [0.25, 0.3) is 0 Å². The molecule has 0 amide bonds. The highest BCUT2D eigenvalue weighted by Gasteiger charge is 2.32. The van der Waals surface area contributed by atoms with Crippen LogP contribution in [-0.4, -0.2) is 6.54 Å². The van der Waals surface area contributed by atoms with Gasteiger partial charge in [0.15, 0.2) is 0 Å². The van der Waals surface area contributed by atoms with Gasteiger partial charge in [-0.25, -0.2) is 4.39 Å². The van der Waals surface area contributed by atoms with Crippen molar-refractivity contribution in [1.82, 2.24) is 5.32 Å². The van der Waals surface area contributed by atoms with Gasteiger partial charge in [-0.15, -0.1) is 0 Å². The lowest BCUT2D eigenvalue weighted by Crippen LogP contribution is -2.35. The lowest BCUT2D eigenvalue weighted by atomic mass is 9.72. The van der Waals surface area contributed by atoms with Gasteiger partial charge in [0.05, 0.1) is 0 Å². The zero-order chi connectivity index (χ0) is 14.4. The molecule has 1 aliphatic carbocycles. The van der Waals surface area contributed by atoms with Crippen LogP contribution in [0.5, 0.6) is 0 Å². The maximum atomic E-state index is 14.2. The SMILES string of the molecule is CCCNC(c1ccccc1F)C1CCCCC1CC. The van der Waals surface area contributed by atoms with Gasteiger partial charge in [-0.05, 0) is 37.3 Å². The third kappa shape index (κ3) is 3.60. The minimum atomic E-state index is -0.0541. The normalized spacial score (nSPS) is 24.6. The second-order valence-electron chi connectivity index (χ2n) is 6.07. The van der Waals surface area contributed by atoms with Gasteiger partial charge in [0.2, 0.25) is 0 Å². The maximum Gasteiger partial charge on any atom is 0.127 e. The van der Waals surface area contributed by atoms with Gasteiger partial charge in [0.1, 0.15) is 5.82 Å². The van der Waals surface area contributed by atoms with Crippen molar-refractivity contribution in [2.75, 3.05) is 6.54 Å². The van der Waals surface area contributed by atoms with E-state index in [-0.39, 0.29) is 11.9 Å². The van der Waals surface area contributed by atoms with Crippen molar-refractivity contribution in [1.29, 1.82) is 0 Å². The Morgan fingerprint density at radius 3 is 2.65 bits per heavy atom. The topological polar surface area (TPSA) is 12.0 Å². The smallest absolute Gasteiger partial charge is 0.127 e. The quantitative estimate of drug-likeness (QED) is 0.764. The lowest BCUT2D eigenvalue weighted by molar-refractivity contribution is 0.173. The van der Waals surface area contributed by atoms with Gasteiger partial charge in [0.25, 0.3) is 0 Å². The van der Waals surface area contributed by atoms with Crippen LogP contribution in [0.2, 0.25) is 0 Å². The molecule has 3 unspecified atom stereocenters. The summed E-state index contributed by atoms with van der Waals surface area (Å²) >= 11 is 0. The molecule has 1 aliphatic rings. The highest BCUT2D eigenvalue weighted by molar-refractivity contribution is 5.22. The molecule has 1 aromatic rings. The third-order valence-corrected chi connectivity index (χ3v) is 4.77. The van der Waals surface area contributed by atoms with Crippen LogP contribution in [0.1, 0.15) is 64.0 Å². The van der Waals surface area contributed by atoms with Gasteiger partial charge >= 0.3 is 0 Å². The Hall–Kier alpha value is -0.890. The van der Waals surface area contributed by atoms with E-state index in [4.69, 9.17) is 0 Å². The summed E-state index contributed by atoms with van der Waals surface area (Å²) in [5, 5.41) is 3.62. The molecule has 0 aromatic heterocycles. The van der Waals surface area contributed by atoms with Gasteiger partial charge < -0.3 is 5.32 Å². The summed E-state index contributed by atoms with van der Waals surface area (Å²) in [6.45, 7) is 5.41. The Morgan fingerprint density at radius 1 is 1.20 bits per heavy atom. The fourth-order valence-electron chi connectivity index (χ4n) is 3.70. The van der Waals surface area contributed by atoms with Crippen molar-refractivity contribution in [2.24, 2.45) is 11.8 Å². The molecule has 0 radical (unpaired) electrons. The second kappa shape index (κ2) is 7.78. The average molecular weight is 277 g/mol. The first-order valence-corrected chi connectivity index (χ1v) is 8.25. The number of halogens is 1. The van der Waals surface area contributed by atoms with Crippen molar-refractivity contribution in [3.63, 3.8) is 0 Å². The fraction of sp³-hybridized carbons (Fsp3) is 0.667. The third-order valence-electron chi connectivity index (χ3n) is 4.77. The van der Waals surface area contributed by atoms with E-state index in [9.17, 15) is 4.39 Å². The Labute approximate surface area is 123 Å². The second-order valence-corrected chi connectivity index (χ2v) is 6.07. The molecule has 2 heteroatoms. The van der Waals surface area contributed by atoms with E-state index in [0.29, 0.717) is 5.92 Å². The zero-order valence-corrected chi connectivity index (χ0v) is 12.9. The monoisotopic (exact) mass is 277 g/mol. The standard InChI is InChI=1S/C18H28FN/c1-3-13-20-18(16-11-7-8-12-17(16)19)15-10-6-5-9-14(15)4-2/h7-8,11-12,14-15,18,20H,3-6,9-10,13H2,1-2H3. The molecule has 0 aliphatic heterocycles. The fourth-order valence-corrected chi connectivity index (χ4v) is 3.70. The number of benzene rings is 1. The molecule has 0 spiro atoms. The van der Waals surface area contributed by atoms with Crippen molar-refractivity contribution >= 4 is 0 Å². The van der Waals surface area contributed by atoms with Gasteiger partial charge in [0, 0.05) is 11.6 Å².